The maximum atomic E-state index is 12.7. The van der Waals surface area contributed by atoms with Crippen LogP contribution in [-0.2, 0) is 17.6 Å². The Kier molecular flexibility index (Phi) is 5.47. The second kappa shape index (κ2) is 7.95. The number of hydrogen-bond acceptors (Lipinski definition) is 3. The third-order valence-corrected chi connectivity index (χ3v) is 4.63. The number of hydrogen-bond donors (Lipinski definition) is 0. The van der Waals surface area contributed by atoms with Crippen LogP contribution in [0.3, 0.4) is 0 Å². The van der Waals surface area contributed by atoms with Crippen molar-refractivity contribution in [3.8, 4) is 5.75 Å². The van der Waals surface area contributed by atoms with Crippen LogP contribution in [0.25, 0.3) is 0 Å². The lowest BCUT2D eigenvalue weighted by molar-refractivity contribution is -0.132. The minimum absolute atomic E-state index is 0.185. The van der Waals surface area contributed by atoms with Crippen LogP contribution < -0.4 is 4.74 Å². The monoisotopic (exact) mass is 324 g/mol. The molecule has 0 saturated carbocycles. The number of amides is 1. The number of pyridine rings is 1. The average Bonchev–Trinajstić information content (AvgIpc) is 2.63. The zero-order chi connectivity index (χ0) is 16.8. The SMILES string of the molecule is COc1ccccc1CC(=O)N1CCCC(Cc2ccccn2)C1. The summed E-state index contributed by atoms with van der Waals surface area (Å²) in [6.07, 6.45) is 5.41. The number of rotatable bonds is 5. The lowest BCUT2D eigenvalue weighted by atomic mass is 9.92. The molecule has 1 amide bonds. The third kappa shape index (κ3) is 4.13. The number of likely N-dealkylation sites (tertiary alicyclic amines) is 1. The van der Waals surface area contributed by atoms with Gasteiger partial charge in [-0.25, -0.2) is 0 Å². The first-order valence-corrected chi connectivity index (χ1v) is 8.56. The number of nitrogens with zero attached hydrogens (tertiary/aromatic N) is 2. The van der Waals surface area contributed by atoms with Crippen molar-refractivity contribution >= 4 is 5.91 Å². The van der Waals surface area contributed by atoms with Crippen molar-refractivity contribution in [2.45, 2.75) is 25.7 Å². The van der Waals surface area contributed by atoms with Crippen LogP contribution in [0.2, 0.25) is 0 Å². The Labute approximate surface area is 143 Å². The Morgan fingerprint density at radius 3 is 2.88 bits per heavy atom. The normalized spacial score (nSPS) is 17.5. The molecule has 1 unspecified atom stereocenters. The summed E-state index contributed by atoms with van der Waals surface area (Å²) in [7, 11) is 1.65. The molecule has 0 spiro atoms. The lowest BCUT2D eigenvalue weighted by Crippen LogP contribution is -2.41. The highest BCUT2D eigenvalue weighted by Crippen LogP contribution is 2.23. The minimum atomic E-state index is 0.185. The molecule has 2 aromatic rings. The van der Waals surface area contributed by atoms with Crippen molar-refractivity contribution in [2.75, 3.05) is 20.2 Å². The summed E-state index contributed by atoms with van der Waals surface area (Å²) in [4.78, 5) is 19.1. The van der Waals surface area contributed by atoms with Gasteiger partial charge in [-0.3, -0.25) is 9.78 Å². The molecule has 1 aromatic carbocycles. The van der Waals surface area contributed by atoms with Gasteiger partial charge in [0.05, 0.1) is 13.5 Å². The van der Waals surface area contributed by atoms with E-state index < -0.39 is 0 Å². The highest BCUT2D eigenvalue weighted by atomic mass is 16.5. The average molecular weight is 324 g/mol. The first-order valence-electron chi connectivity index (χ1n) is 8.56. The Bertz CT molecular complexity index is 672. The molecule has 1 aliphatic rings. The van der Waals surface area contributed by atoms with Crippen LogP contribution in [0.4, 0.5) is 0 Å². The number of carbonyl (C=O) groups excluding carboxylic acids is 1. The molecule has 1 aromatic heterocycles. The molecule has 24 heavy (non-hydrogen) atoms. The van der Waals surface area contributed by atoms with E-state index in [0.717, 1.165) is 49.4 Å². The summed E-state index contributed by atoms with van der Waals surface area (Å²) in [5.74, 6) is 1.47. The molecule has 1 saturated heterocycles. The van der Waals surface area contributed by atoms with Gasteiger partial charge in [0, 0.05) is 30.5 Å². The van der Waals surface area contributed by atoms with E-state index in [4.69, 9.17) is 4.74 Å². The van der Waals surface area contributed by atoms with Crippen LogP contribution in [-0.4, -0.2) is 36.0 Å². The van der Waals surface area contributed by atoms with Gasteiger partial charge in [0.15, 0.2) is 0 Å². The summed E-state index contributed by atoms with van der Waals surface area (Å²) in [6, 6.07) is 13.8. The zero-order valence-electron chi connectivity index (χ0n) is 14.1. The van der Waals surface area contributed by atoms with E-state index in [0.29, 0.717) is 12.3 Å². The number of piperidine rings is 1. The van der Waals surface area contributed by atoms with Gasteiger partial charge in [-0.15, -0.1) is 0 Å². The molecular weight excluding hydrogens is 300 g/mol. The van der Waals surface area contributed by atoms with Gasteiger partial charge < -0.3 is 9.64 Å². The molecule has 0 bridgehead atoms. The third-order valence-electron chi connectivity index (χ3n) is 4.63. The first-order chi connectivity index (χ1) is 11.8. The van der Waals surface area contributed by atoms with Crippen LogP contribution in [0, 0.1) is 5.92 Å². The Morgan fingerprint density at radius 1 is 1.25 bits per heavy atom. The molecule has 1 atom stereocenters. The molecule has 2 heterocycles. The van der Waals surface area contributed by atoms with E-state index >= 15 is 0 Å². The molecule has 0 radical (unpaired) electrons. The maximum Gasteiger partial charge on any atom is 0.227 e. The van der Waals surface area contributed by atoms with Gasteiger partial charge in [0.25, 0.3) is 0 Å². The largest absolute Gasteiger partial charge is 0.496 e. The summed E-state index contributed by atoms with van der Waals surface area (Å²) < 4.78 is 5.35. The van der Waals surface area contributed by atoms with Crippen LogP contribution in [0.15, 0.2) is 48.7 Å². The van der Waals surface area contributed by atoms with E-state index in [2.05, 4.69) is 11.1 Å². The summed E-state index contributed by atoms with van der Waals surface area (Å²) in [5, 5.41) is 0. The van der Waals surface area contributed by atoms with E-state index in [1.807, 2.05) is 47.5 Å². The van der Waals surface area contributed by atoms with Crippen molar-refractivity contribution in [2.24, 2.45) is 5.92 Å². The van der Waals surface area contributed by atoms with Crippen molar-refractivity contribution in [1.82, 2.24) is 9.88 Å². The highest BCUT2D eigenvalue weighted by molar-refractivity contribution is 5.79. The maximum absolute atomic E-state index is 12.7. The second-order valence-electron chi connectivity index (χ2n) is 6.36. The fraction of sp³-hybridized carbons (Fsp3) is 0.400. The molecule has 126 valence electrons. The number of aromatic nitrogens is 1. The lowest BCUT2D eigenvalue weighted by Gasteiger charge is -2.33. The van der Waals surface area contributed by atoms with Crippen LogP contribution in [0.5, 0.6) is 5.75 Å². The van der Waals surface area contributed by atoms with Crippen molar-refractivity contribution in [3.05, 3.63) is 59.9 Å². The molecule has 4 heteroatoms. The predicted molar refractivity (Wildman–Crippen MR) is 93.9 cm³/mol. The van der Waals surface area contributed by atoms with Crippen molar-refractivity contribution < 1.29 is 9.53 Å². The summed E-state index contributed by atoms with van der Waals surface area (Å²) in [6.45, 7) is 1.68. The number of para-hydroxylation sites is 1. The van der Waals surface area contributed by atoms with Gasteiger partial charge >= 0.3 is 0 Å². The molecule has 1 aliphatic heterocycles. The smallest absolute Gasteiger partial charge is 0.227 e. The Morgan fingerprint density at radius 2 is 2.08 bits per heavy atom. The van der Waals surface area contributed by atoms with E-state index in [1.54, 1.807) is 7.11 Å². The van der Waals surface area contributed by atoms with E-state index in [9.17, 15) is 4.79 Å². The van der Waals surface area contributed by atoms with Gasteiger partial charge in [-0.2, -0.15) is 0 Å². The van der Waals surface area contributed by atoms with Gasteiger partial charge in [0.1, 0.15) is 5.75 Å². The van der Waals surface area contributed by atoms with Crippen molar-refractivity contribution in [1.29, 1.82) is 0 Å². The quantitative estimate of drug-likeness (QED) is 0.849. The van der Waals surface area contributed by atoms with Crippen molar-refractivity contribution in [3.63, 3.8) is 0 Å². The standard InChI is InChI=1S/C20H24N2O2/c1-24-19-10-3-2-8-17(19)14-20(23)22-12-6-7-16(15-22)13-18-9-4-5-11-21-18/h2-5,8-11,16H,6-7,12-15H2,1H3. The molecule has 1 fully saturated rings. The highest BCUT2D eigenvalue weighted by Gasteiger charge is 2.24. The predicted octanol–water partition coefficient (Wildman–Crippen LogP) is 3.11. The number of benzene rings is 1. The van der Waals surface area contributed by atoms with Crippen LogP contribution >= 0.6 is 0 Å². The van der Waals surface area contributed by atoms with Crippen LogP contribution in [0.1, 0.15) is 24.1 Å². The second-order valence-corrected chi connectivity index (χ2v) is 6.36. The van der Waals surface area contributed by atoms with E-state index in [-0.39, 0.29) is 5.91 Å². The molecular formula is C20H24N2O2. The Hall–Kier alpha value is -2.36. The summed E-state index contributed by atoms with van der Waals surface area (Å²) >= 11 is 0. The topological polar surface area (TPSA) is 42.4 Å². The number of ether oxygens (including phenoxy) is 1. The molecule has 0 aliphatic carbocycles. The van der Waals surface area contributed by atoms with Gasteiger partial charge in [-0.05, 0) is 43.4 Å². The van der Waals surface area contributed by atoms with Gasteiger partial charge in [0.2, 0.25) is 5.91 Å². The molecule has 4 nitrogen and oxygen atoms in total. The number of methoxy groups -OCH3 is 1. The van der Waals surface area contributed by atoms with Gasteiger partial charge in [-0.1, -0.05) is 24.3 Å². The number of carbonyl (C=O) groups is 1. The fourth-order valence-electron chi connectivity index (χ4n) is 3.40. The fourth-order valence-corrected chi connectivity index (χ4v) is 3.40. The first kappa shape index (κ1) is 16.5. The Balaban J connectivity index is 1.60. The van der Waals surface area contributed by atoms with E-state index in [1.165, 1.54) is 0 Å². The molecule has 0 N–H and O–H groups in total. The summed E-state index contributed by atoms with van der Waals surface area (Å²) in [5.41, 5.74) is 2.07. The molecule has 3 rings (SSSR count). The minimum Gasteiger partial charge on any atom is -0.496 e. The zero-order valence-corrected chi connectivity index (χ0v) is 14.1.